The smallest absolute Gasteiger partial charge is 0.243 e. The molecule has 2 aliphatic heterocycles. The van der Waals surface area contributed by atoms with Gasteiger partial charge in [-0.25, -0.2) is 8.42 Å². The molecule has 0 bridgehead atoms. The fraction of sp³-hybridized carbons (Fsp3) is 0.500. The molecule has 0 saturated carbocycles. The van der Waals surface area contributed by atoms with Crippen molar-refractivity contribution < 1.29 is 22.7 Å². The Morgan fingerprint density at radius 3 is 2.38 bits per heavy atom. The lowest BCUT2D eigenvalue weighted by atomic mass is 10.1. The third-order valence-corrected chi connectivity index (χ3v) is 9.06. The fourth-order valence-corrected chi connectivity index (χ4v) is 6.35. The lowest BCUT2D eigenvalue weighted by Gasteiger charge is -2.29. The van der Waals surface area contributed by atoms with Gasteiger partial charge < -0.3 is 15.0 Å². The molecule has 2 aliphatic rings. The van der Waals surface area contributed by atoms with E-state index in [1.54, 1.807) is 36.1 Å². The predicted octanol–water partition coefficient (Wildman–Crippen LogP) is 3.12. The molecule has 0 spiro atoms. The summed E-state index contributed by atoms with van der Waals surface area (Å²) in [6.07, 6.45) is 4.42. The van der Waals surface area contributed by atoms with Crippen LogP contribution in [0.3, 0.4) is 0 Å². The Kier molecular flexibility index (Phi) is 9.34. The summed E-state index contributed by atoms with van der Waals surface area (Å²) in [5.74, 6) is -0.325. The standard InChI is InChI=1S/C28H37N3O5S/c1-22(28(33)29-20-25-10-7-19-36-25)31(21-24-8-3-2-4-9-24)27(32)16-13-23-11-14-26(15-12-23)37(34,35)30-17-5-6-18-30/h2-4,8-9,11-12,14-15,22,25H,5-7,10,13,16-21H2,1H3,(H,29,33)/t22-,25-/m1/s1. The average Bonchev–Trinajstić information content (AvgIpc) is 3.65. The molecule has 2 aromatic carbocycles. The average molecular weight is 528 g/mol. The van der Waals surface area contributed by atoms with Crippen molar-refractivity contribution in [2.75, 3.05) is 26.2 Å². The zero-order chi connectivity index (χ0) is 26.3. The van der Waals surface area contributed by atoms with Crippen molar-refractivity contribution >= 4 is 21.8 Å². The first-order valence-electron chi connectivity index (χ1n) is 13.2. The van der Waals surface area contributed by atoms with Crippen molar-refractivity contribution in [1.82, 2.24) is 14.5 Å². The number of carbonyl (C=O) groups excluding carboxylic acids is 2. The van der Waals surface area contributed by atoms with Crippen LogP contribution in [-0.2, 0) is 37.3 Å². The normalized spacial score (nSPS) is 19.0. The Hall–Kier alpha value is -2.75. The number of ether oxygens (including phenoxy) is 1. The van der Waals surface area contributed by atoms with E-state index in [4.69, 9.17) is 4.74 Å². The molecular weight excluding hydrogens is 490 g/mol. The van der Waals surface area contributed by atoms with Crippen LogP contribution in [0.25, 0.3) is 0 Å². The van der Waals surface area contributed by atoms with Crippen molar-refractivity contribution in [3.63, 3.8) is 0 Å². The Morgan fingerprint density at radius 1 is 1.03 bits per heavy atom. The van der Waals surface area contributed by atoms with Crippen molar-refractivity contribution in [3.8, 4) is 0 Å². The van der Waals surface area contributed by atoms with E-state index in [2.05, 4.69) is 5.32 Å². The predicted molar refractivity (Wildman–Crippen MR) is 141 cm³/mol. The number of rotatable bonds is 11. The largest absolute Gasteiger partial charge is 0.376 e. The zero-order valence-electron chi connectivity index (χ0n) is 21.5. The maximum absolute atomic E-state index is 13.3. The summed E-state index contributed by atoms with van der Waals surface area (Å²) in [6, 6.07) is 15.8. The van der Waals surface area contributed by atoms with E-state index in [1.165, 1.54) is 4.31 Å². The minimum absolute atomic E-state index is 0.0340. The van der Waals surface area contributed by atoms with Gasteiger partial charge >= 0.3 is 0 Å². The summed E-state index contributed by atoms with van der Waals surface area (Å²) in [5.41, 5.74) is 1.83. The van der Waals surface area contributed by atoms with Crippen LogP contribution in [0.1, 0.15) is 50.2 Å². The number of sulfonamides is 1. The van der Waals surface area contributed by atoms with Gasteiger partial charge in [0.2, 0.25) is 21.8 Å². The summed E-state index contributed by atoms with van der Waals surface area (Å²) in [7, 11) is -3.46. The second-order valence-corrected chi connectivity index (χ2v) is 11.8. The second-order valence-electron chi connectivity index (χ2n) is 9.82. The summed E-state index contributed by atoms with van der Waals surface area (Å²) >= 11 is 0. The number of nitrogens with zero attached hydrogens (tertiary/aromatic N) is 2. The second kappa shape index (κ2) is 12.7. The minimum Gasteiger partial charge on any atom is -0.376 e. The van der Waals surface area contributed by atoms with Crippen molar-refractivity contribution in [3.05, 3.63) is 65.7 Å². The van der Waals surface area contributed by atoms with Crippen LogP contribution in [0.15, 0.2) is 59.5 Å². The van der Waals surface area contributed by atoms with Gasteiger partial charge in [-0.05, 0) is 62.3 Å². The van der Waals surface area contributed by atoms with Gasteiger partial charge in [0.1, 0.15) is 6.04 Å². The van der Waals surface area contributed by atoms with Crippen LogP contribution in [0, 0.1) is 0 Å². The van der Waals surface area contributed by atoms with Gasteiger partial charge in [-0.1, -0.05) is 42.5 Å². The van der Waals surface area contributed by atoms with E-state index < -0.39 is 16.1 Å². The minimum atomic E-state index is -3.46. The van der Waals surface area contributed by atoms with E-state index >= 15 is 0 Å². The van der Waals surface area contributed by atoms with Gasteiger partial charge in [-0.15, -0.1) is 0 Å². The lowest BCUT2D eigenvalue weighted by Crippen LogP contribution is -2.49. The third kappa shape index (κ3) is 7.18. The number of benzene rings is 2. The van der Waals surface area contributed by atoms with Crippen LogP contribution in [0.5, 0.6) is 0 Å². The summed E-state index contributed by atoms with van der Waals surface area (Å²) in [5, 5.41) is 2.94. The highest BCUT2D eigenvalue weighted by molar-refractivity contribution is 7.89. The van der Waals surface area contributed by atoms with Crippen LogP contribution >= 0.6 is 0 Å². The Morgan fingerprint density at radius 2 is 1.73 bits per heavy atom. The molecule has 9 heteroatoms. The molecule has 1 N–H and O–H groups in total. The number of hydrogen-bond donors (Lipinski definition) is 1. The number of aryl methyl sites for hydroxylation is 1. The number of carbonyl (C=O) groups is 2. The van der Waals surface area contributed by atoms with Crippen LogP contribution in [-0.4, -0.2) is 67.8 Å². The molecule has 200 valence electrons. The van der Waals surface area contributed by atoms with Crippen molar-refractivity contribution in [2.45, 2.75) is 69.0 Å². The van der Waals surface area contributed by atoms with Gasteiger partial charge in [0.15, 0.2) is 0 Å². The Balaban J connectivity index is 1.38. The summed E-state index contributed by atoms with van der Waals surface area (Å²) in [6.45, 7) is 4.39. The molecule has 2 amide bonds. The molecule has 2 saturated heterocycles. The topological polar surface area (TPSA) is 96.0 Å². The van der Waals surface area contributed by atoms with E-state index in [-0.39, 0.29) is 29.2 Å². The molecule has 0 aromatic heterocycles. The number of amides is 2. The van der Waals surface area contributed by atoms with E-state index in [0.717, 1.165) is 43.4 Å². The first-order chi connectivity index (χ1) is 17.8. The zero-order valence-corrected chi connectivity index (χ0v) is 22.3. The summed E-state index contributed by atoms with van der Waals surface area (Å²) in [4.78, 5) is 28.2. The van der Waals surface area contributed by atoms with Gasteiger partial charge in [-0.3, -0.25) is 9.59 Å². The van der Waals surface area contributed by atoms with Crippen LogP contribution in [0.2, 0.25) is 0 Å². The van der Waals surface area contributed by atoms with Gasteiger partial charge in [-0.2, -0.15) is 4.31 Å². The number of hydrogen-bond acceptors (Lipinski definition) is 5. The molecule has 2 fully saturated rings. The molecular formula is C28H37N3O5S. The molecule has 4 rings (SSSR count). The van der Waals surface area contributed by atoms with Crippen molar-refractivity contribution in [1.29, 1.82) is 0 Å². The van der Waals surface area contributed by atoms with Gasteiger partial charge in [0, 0.05) is 39.2 Å². The maximum Gasteiger partial charge on any atom is 0.243 e. The van der Waals surface area contributed by atoms with Gasteiger partial charge in [0.05, 0.1) is 11.0 Å². The highest BCUT2D eigenvalue weighted by atomic mass is 32.2. The molecule has 0 radical (unpaired) electrons. The highest BCUT2D eigenvalue weighted by Crippen LogP contribution is 2.22. The van der Waals surface area contributed by atoms with E-state index in [9.17, 15) is 18.0 Å². The fourth-order valence-electron chi connectivity index (χ4n) is 4.83. The highest BCUT2D eigenvalue weighted by Gasteiger charge is 2.28. The first-order valence-corrected chi connectivity index (χ1v) is 14.6. The molecule has 2 heterocycles. The molecule has 0 aliphatic carbocycles. The Bertz CT molecular complexity index is 1140. The molecule has 0 unspecified atom stereocenters. The number of nitrogens with one attached hydrogen (secondary N) is 1. The lowest BCUT2D eigenvalue weighted by molar-refractivity contribution is -0.140. The SMILES string of the molecule is C[C@H](C(=O)NC[C@H]1CCCO1)N(Cc1ccccc1)C(=O)CCc1ccc(S(=O)(=O)N2CCCC2)cc1. The van der Waals surface area contributed by atoms with E-state index in [0.29, 0.717) is 32.6 Å². The van der Waals surface area contributed by atoms with Crippen LogP contribution < -0.4 is 5.32 Å². The molecule has 8 nitrogen and oxygen atoms in total. The first kappa shape index (κ1) is 27.3. The third-order valence-electron chi connectivity index (χ3n) is 7.14. The van der Waals surface area contributed by atoms with Crippen LogP contribution in [0.4, 0.5) is 0 Å². The van der Waals surface area contributed by atoms with Crippen molar-refractivity contribution in [2.24, 2.45) is 0 Å². The summed E-state index contributed by atoms with van der Waals surface area (Å²) < 4.78 is 32.7. The quantitative estimate of drug-likeness (QED) is 0.485. The molecule has 2 aromatic rings. The molecule has 37 heavy (non-hydrogen) atoms. The maximum atomic E-state index is 13.3. The monoisotopic (exact) mass is 527 g/mol. The molecule has 2 atom stereocenters. The Labute approximate surface area is 220 Å². The van der Waals surface area contributed by atoms with E-state index in [1.807, 2.05) is 30.3 Å². The van der Waals surface area contributed by atoms with Gasteiger partial charge in [0.25, 0.3) is 0 Å².